The fourth-order valence-corrected chi connectivity index (χ4v) is 2.30. The number of benzene rings is 1. The van der Waals surface area contributed by atoms with Crippen LogP contribution in [-0.4, -0.2) is 28.1 Å². The highest BCUT2D eigenvalue weighted by molar-refractivity contribution is 7.70. The molecule has 1 heterocycles. The monoisotopic (exact) mass is 250 g/mol. The summed E-state index contributed by atoms with van der Waals surface area (Å²) in [7, 11) is -0.315. The molecule has 0 saturated heterocycles. The minimum Gasteiger partial charge on any atom is -0.324 e. The van der Waals surface area contributed by atoms with Crippen LogP contribution in [0.5, 0.6) is 0 Å². The molecule has 0 atom stereocenters. The Hall–Kier alpha value is -1.61. The molecule has 1 N–H and O–H groups in total. The van der Waals surface area contributed by atoms with Gasteiger partial charge in [-0.05, 0) is 37.6 Å². The van der Waals surface area contributed by atoms with Crippen LogP contribution in [0.15, 0.2) is 30.6 Å². The molecule has 90 valence electrons. The number of aromatic nitrogens is 3. The van der Waals surface area contributed by atoms with Gasteiger partial charge in [-0.3, -0.25) is 0 Å². The van der Waals surface area contributed by atoms with Gasteiger partial charge in [-0.2, -0.15) is 0 Å². The summed E-state index contributed by atoms with van der Waals surface area (Å²) in [5.41, 5.74) is 0.901. The lowest BCUT2D eigenvalue weighted by molar-refractivity contribution is 0.588. The van der Waals surface area contributed by atoms with Gasteiger partial charge in [0.1, 0.15) is 13.5 Å². The zero-order valence-electron chi connectivity index (χ0n) is 10.1. The molecule has 0 amide bonds. The van der Waals surface area contributed by atoms with Gasteiger partial charge in [0.25, 0.3) is 0 Å². The fraction of sp³-hybridized carbons (Fsp3) is 0.273. The first-order valence-electron chi connectivity index (χ1n) is 5.23. The van der Waals surface area contributed by atoms with Crippen LogP contribution in [0, 0.1) is 0 Å². The van der Waals surface area contributed by atoms with Crippen molar-refractivity contribution < 1.29 is 4.57 Å². The molecular formula is C11H15N4OP. The predicted molar refractivity (Wildman–Crippen MR) is 69.8 cm³/mol. The van der Waals surface area contributed by atoms with E-state index in [0.717, 1.165) is 11.0 Å². The summed E-state index contributed by atoms with van der Waals surface area (Å²) < 4.78 is 13.6. The Bertz CT molecular complexity index is 555. The molecule has 6 heteroatoms. The molecule has 5 nitrogen and oxygen atoms in total. The van der Waals surface area contributed by atoms with E-state index in [9.17, 15) is 4.57 Å². The van der Waals surface area contributed by atoms with Crippen molar-refractivity contribution in [3.05, 3.63) is 30.6 Å². The van der Waals surface area contributed by atoms with E-state index >= 15 is 0 Å². The molecule has 17 heavy (non-hydrogen) atoms. The minimum absolute atomic E-state index is 0.675. The SMILES string of the molecule is Cn1cnnc1Nc1ccc(P(C)(C)=O)cc1. The molecule has 1 aromatic heterocycles. The molecule has 0 unspecified atom stereocenters. The molecule has 0 radical (unpaired) electrons. The number of nitrogens with zero attached hydrogens (tertiary/aromatic N) is 3. The van der Waals surface area contributed by atoms with Gasteiger partial charge >= 0.3 is 0 Å². The normalized spacial score (nSPS) is 11.5. The van der Waals surface area contributed by atoms with Crippen LogP contribution in [0.1, 0.15) is 0 Å². The van der Waals surface area contributed by atoms with E-state index in [4.69, 9.17) is 0 Å². The Balaban J connectivity index is 2.20. The van der Waals surface area contributed by atoms with Gasteiger partial charge in [-0.1, -0.05) is 0 Å². The molecule has 0 spiro atoms. The molecule has 2 rings (SSSR count). The second-order valence-electron chi connectivity index (χ2n) is 4.29. The molecular weight excluding hydrogens is 235 g/mol. The van der Waals surface area contributed by atoms with Gasteiger partial charge in [0, 0.05) is 18.0 Å². The first kappa shape index (κ1) is 11.9. The molecule has 0 aliphatic heterocycles. The Morgan fingerprint density at radius 3 is 2.35 bits per heavy atom. The summed E-state index contributed by atoms with van der Waals surface area (Å²) in [5, 5.41) is 11.7. The maximum Gasteiger partial charge on any atom is 0.228 e. The number of rotatable bonds is 3. The second kappa shape index (κ2) is 4.34. The van der Waals surface area contributed by atoms with Crippen molar-refractivity contribution in [3.63, 3.8) is 0 Å². The van der Waals surface area contributed by atoms with Gasteiger partial charge in [-0.15, -0.1) is 10.2 Å². The van der Waals surface area contributed by atoms with Crippen LogP contribution in [0.3, 0.4) is 0 Å². The lowest BCUT2D eigenvalue weighted by Crippen LogP contribution is -2.03. The van der Waals surface area contributed by atoms with Crippen molar-refractivity contribution in [3.8, 4) is 0 Å². The third-order valence-corrected chi connectivity index (χ3v) is 4.00. The zero-order valence-corrected chi connectivity index (χ0v) is 11.0. The molecule has 0 saturated carbocycles. The van der Waals surface area contributed by atoms with Gasteiger partial charge in [-0.25, -0.2) is 0 Å². The minimum atomic E-state index is -2.18. The average molecular weight is 250 g/mol. The van der Waals surface area contributed by atoms with Crippen LogP contribution in [-0.2, 0) is 11.6 Å². The molecule has 0 aliphatic rings. The highest BCUT2D eigenvalue weighted by atomic mass is 31.2. The number of hydrogen-bond acceptors (Lipinski definition) is 4. The second-order valence-corrected chi connectivity index (χ2v) is 7.51. The van der Waals surface area contributed by atoms with Crippen LogP contribution in [0.4, 0.5) is 11.6 Å². The Morgan fingerprint density at radius 1 is 1.24 bits per heavy atom. The summed E-state index contributed by atoms with van der Waals surface area (Å²) in [6.45, 7) is 3.52. The molecule has 0 aliphatic carbocycles. The summed E-state index contributed by atoms with van der Waals surface area (Å²) in [6.07, 6.45) is 1.63. The summed E-state index contributed by atoms with van der Waals surface area (Å²) in [6, 6.07) is 7.53. The number of nitrogens with one attached hydrogen (secondary N) is 1. The molecule has 0 fully saturated rings. The van der Waals surface area contributed by atoms with E-state index in [1.54, 1.807) is 24.2 Å². The lowest BCUT2D eigenvalue weighted by Gasteiger charge is -2.09. The topological polar surface area (TPSA) is 59.8 Å². The van der Waals surface area contributed by atoms with Crippen molar-refractivity contribution in [1.82, 2.24) is 14.8 Å². The highest BCUT2D eigenvalue weighted by Gasteiger charge is 2.10. The van der Waals surface area contributed by atoms with E-state index in [2.05, 4.69) is 15.5 Å². The van der Waals surface area contributed by atoms with Crippen LogP contribution < -0.4 is 10.6 Å². The molecule has 0 bridgehead atoms. The van der Waals surface area contributed by atoms with Crippen molar-refractivity contribution in [2.45, 2.75) is 0 Å². The van der Waals surface area contributed by atoms with Crippen molar-refractivity contribution in [1.29, 1.82) is 0 Å². The highest BCUT2D eigenvalue weighted by Crippen LogP contribution is 2.34. The van der Waals surface area contributed by atoms with Crippen LogP contribution in [0.2, 0.25) is 0 Å². The van der Waals surface area contributed by atoms with Crippen molar-refractivity contribution in [2.75, 3.05) is 18.6 Å². The van der Waals surface area contributed by atoms with Crippen molar-refractivity contribution in [2.24, 2.45) is 7.05 Å². The summed E-state index contributed by atoms with van der Waals surface area (Å²) in [4.78, 5) is 0. The summed E-state index contributed by atoms with van der Waals surface area (Å²) >= 11 is 0. The smallest absolute Gasteiger partial charge is 0.228 e. The molecule has 2 aromatic rings. The van der Waals surface area contributed by atoms with Crippen molar-refractivity contribution >= 4 is 24.1 Å². The van der Waals surface area contributed by atoms with Gasteiger partial charge in [0.05, 0.1) is 0 Å². The third-order valence-electron chi connectivity index (χ3n) is 2.46. The first-order chi connectivity index (χ1) is 7.97. The van der Waals surface area contributed by atoms with Crippen LogP contribution >= 0.6 is 7.14 Å². The van der Waals surface area contributed by atoms with Gasteiger partial charge in [0.2, 0.25) is 5.95 Å². The van der Waals surface area contributed by atoms with E-state index in [1.165, 1.54) is 0 Å². The molecule has 1 aromatic carbocycles. The van der Waals surface area contributed by atoms with Gasteiger partial charge < -0.3 is 14.4 Å². The fourth-order valence-electron chi connectivity index (χ4n) is 1.43. The largest absolute Gasteiger partial charge is 0.324 e. The quantitative estimate of drug-likeness (QED) is 0.844. The van der Waals surface area contributed by atoms with Gasteiger partial charge in [0.15, 0.2) is 0 Å². The third kappa shape index (κ3) is 2.74. The number of aryl methyl sites for hydroxylation is 1. The number of hydrogen-bond donors (Lipinski definition) is 1. The average Bonchev–Trinajstić information content (AvgIpc) is 2.64. The summed E-state index contributed by atoms with van der Waals surface area (Å²) in [5.74, 6) is 0.675. The van der Waals surface area contributed by atoms with E-state index < -0.39 is 7.14 Å². The standard InChI is InChI=1S/C11H15N4OP/c1-15-8-12-14-11(15)13-9-4-6-10(7-5-9)17(2,3)16/h4-8H,1-3H3,(H,13,14). The Morgan fingerprint density at radius 2 is 1.88 bits per heavy atom. The van der Waals surface area contributed by atoms with E-state index in [0.29, 0.717) is 5.95 Å². The maximum absolute atomic E-state index is 11.9. The zero-order chi connectivity index (χ0) is 12.5. The Labute approximate surface area is 100 Å². The maximum atomic E-state index is 11.9. The Kier molecular flexibility index (Phi) is 3.03. The number of anilines is 2. The van der Waals surface area contributed by atoms with E-state index in [1.807, 2.05) is 31.3 Å². The van der Waals surface area contributed by atoms with E-state index in [-0.39, 0.29) is 0 Å². The van der Waals surface area contributed by atoms with Crippen LogP contribution in [0.25, 0.3) is 0 Å². The first-order valence-corrected chi connectivity index (χ1v) is 7.83. The lowest BCUT2D eigenvalue weighted by atomic mass is 10.3. The predicted octanol–water partition coefficient (Wildman–Crippen LogP) is 1.81.